The molecule has 0 radical (unpaired) electrons. The lowest BCUT2D eigenvalue weighted by Gasteiger charge is -2.27. The number of benzene rings is 1. The molecule has 3 aromatic heterocycles. The van der Waals surface area contributed by atoms with E-state index in [0.29, 0.717) is 28.6 Å². The molecule has 1 aliphatic heterocycles. The van der Waals surface area contributed by atoms with Gasteiger partial charge in [0.15, 0.2) is 0 Å². The number of aromatic nitrogens is 4. The van der Waals surface area contributed by atoms with Gasteiger partial charge in [0.1, 0.15) is 5.69 Å². The summed E-state index contributed by atoms with van der Waals surface area (Å²) in [7, 11) is 0. The van der Waals surface area contributed by atoms with Crippen LogP contribution in [-0.2, 0) is 0 Å². The standard InChI is InChI=1S/C24H22N6O/c31-23(28-20-11-6-10-19-17(20)8-7-13-25-19)18-16-27-24(30-14-4-1-5-15-30)29-22(18)21-9-2-3-12-26-21/h2-3,6-13,16H,1,4-5,14-15H2,(H,28,31). The molecule has 0 saturated carbocycles. The fraction of sp³-hybridized carbons (Fsp3) is 0.208. The molecule has 4 aromatic rings. The normalized spacial score (nSPS) is 13.9. The molecular weight excluding hydrogens is 388 g/mol. The maximum absolute atomic E-state index is 13.3. The predicted octanol–water partition coefficient (Wildman–Crippen LogP) is 4.33. The summed E-state index contributed by atoms with van der Waals surface area (Å²) >= 11 is 0. The Balaban J connectivity index is 1.53. The average molecular weight is 410 g/mol. The van der Waals surface area contributed by atoms with Crippen LogP contribution < -0.4 is 10.2 Å². The molecule has 1 amide bonds. The number of hydrogen-bond acceptors (Lipinski definition) is 6. The quantitative estimate of drug-likeness (QED) is 0.539. The summed E-state index contributed by atoms with van der Waals surface area (Å²) in [5.41, 5.74) is 3.09. The molecule has 7 nitrogen and oxygen atoms in total. The van der Waals surface area contributed by atoms with Crippen LogP contribution in [-0.4, -0.2) is 38.9 Å². The van der Waals surface area contributed by atoms with Crippen molar-refractivity contribution in [3.8, 4) is 11.4 Å². The number of anilines is 2. The highest BCUT2D eigenvalue weighted by molar-refractivity contribution is 6.11. The molecular formula is C24H22N6O. The van der Waals surface area contributed by atoms with Crippen molar-refractivity contribution in [3.63, 3.8) is 0 Å². The zero-order valence-corrected chi connectivity index (χ0v) is 17.0. The Morgan fingerprint density at radius 1 is 0.871 bits per heavy atom. The number of carbonyl (C=O) groups excluding carboxylic acids is 1. The van der Waals surface area contributed by atoms with Crippen LogP contribution in [0.2, 0.25) is 0 Å². The van der Waals surface area contributed by atoms with Crippen molar-refractivity contribution in [2.24, 2.45) is 0 Å². The zero-order chi connectivity index (χ0) is 21.0. The van der Waals surface area contributed by atoms with Gasteiger partial charge in [-0.15, -0.1) is 0 Å². The van der Waals surface area contributed by atoms with E-state index < -0.39 is 0 Å². The summed E-state index contributed by atoms with van der Waals surface area (Å²) < 4.78 is 0. The van der Waals surface area contributed by atoms with Crippen LogP contribution in [0, 0.1) is 0 Å². The van der Waals surface area contributed by atoms with E-state index in [1.165, 1.54) is 6.42 Å². The Morgan fingerprint density at radius 3 is 2.58 bits per heavy atom. The summed E-state index contributed by atoms with van der Waals surface area (Å²) in [6.07, 6.45) is 8.53. The van der Waals surface area contributed by atoms with Crippen molar-refractivity contribution in [1.82, 2.24) is 19.9 Å². The molecule has 0 bridgehead atoms. The molecule has 0 unspecified atom stereocenters. The number of pyridine rings is 2. The number of fused-ring (bicyclic) bond motifs is 1. The minimum absolute atomic E-state index is 0.276. The average Bonchev–Trinajstić information content (AvgIpc) is 2.85. The SMILES string of the molecule is O=C(Nc1cccc2ncccc12)c1cnc(N2CCCCC2)nc1-c1ccccn1. The lowest BCUT2D eigenvalue weighted by atomic mass is 10.1. The first-order chi connectivity index (χ1) is 15.3. The molecule has 1 aromatic carbocycles. The summed E-state index contributed by atoms with van der Waals surface area (Å²) in [6, 6.07) is 15.1. The Morgan fingerprint density at radius 2 is 1.74 bits per heavy atom. The molecule has 31 heavy (non-hydrogen) atoms. The molecule has 4 heterocycles. The molecule has 5 rings (SSSR count). The van der Waals surface area contributed by atoms with Crippen LogP contribution in [0.15, 0.2) is 67.1 Å². The van der Waals surface area contributed by atoms with Gasteiger partial charge >= 0.3 is 0 Å². The van der Waals surface area contributed by atoms with E-state index in [2.05, 4.69) is 25.2 Å². The van der Waals surface area contributed by atoms with Crippen molar-refractivity contribution >= 4 is 28.4 Å². The minimum Gasteiger partial charge on any atom is -0.341 e. The van der Waals surface area contributed by atoms with Crippen LogP contribution in [0.25, 0.3) is 22.3 Å². The summed E-state index contributed by atoms with van der Waals surface area (Å²) in [5.74, 6) is 0.369. The van der Waals surface area contributed by atoms with Gasteiger partial charge in [0.05, 0.1) is 22.5 Å². The third-order valence-electron chi connectivity index (χ3n) is 5.46. The molecule has 1 fully saturated rings. The van der Waals surface area contributed by atoms with E-state index in [1.54, 1.807) is 18.6 Å². The first kappa shape index (κ1) is 19.1. The van der Waals surface area contributed by atoms with Gasteiger partial charge in [-0.1, -0.05) is 12.1 Å². The maximum atomic E-state index is 13.3. The van der Waals surface area contributed by atoms with Crippen LogP contribution in [0.1, 0.15) is 29.6 Å². The third-order valence-corrected chi connectivity index (χ3v) is 5.46. The number of amides is 1. The second kappa shape index (κ2) is 8.47. The van der Waals surface area contributed by atoms with Crippen molar-refractivity contribution in [3.05, 3.63) is 72.7 Å². The number of hydrogen-bond donors (Lipinski definition) is 1. The van der Waals surface area contributed by atoms with Crippen LogP contribution >= 0.6 is 0 Å². The van der Waals surface area contributed by atoms with Gasteiger partial charge in [-0.25, -0.2) is 9.97 Å². The Hall–Kier alpha value is -3.87. The highest BCUT2D eigenvalue weighted by Crippen LogP contribution is 2.26. The summed E-state index contributed by atoms with van der Waals surface area (Å²) in [4.78, 5) is 33.6. The van der Waals surface area contributed by atoms with Gasteiger partial charge in [-0.05, 0) is 55.7 Å². The van der Waals surface area contributed by atoms with E-state index in [1.807, 2.05) is 48.5 Å². The topological polar surface area (TPSA) is 83.9 Å². The first-order valence-corrected chi connectivity index (χ1v) is 10.5. The van der Waals surface area contributed by atoms with E-state index in [-0.39, 0.29) is 5.91 Å². The van der Waals surface area contributed by atoms with Gasteiger partial charge < -0.3 is 10.2 Å². The van der Waals surface area contributed by atoms with Crippen molar-refractivity contribution in [2.45, 2.75) is 19.3 Å². The van der Waals surface area contributed by atoms with Crippen LogP contribution in [0.4, 0.5) is 11.6 Å². The smallest absolute Gasteiger partial charge is 0.259 e. The molecule has 0 atom stereocenters. The van der Waals surface area contributed by atoms with Crippen LogP contribution in [0.3, 0.4) is 0 Å². The highest BCUT2D eigenvalue weighted by Gasteiger charge is 2.21. The highest BCUT2D eigenvalue weighted by atomic mass is 16.1. The van der Waals surface area contributed by atoms with E-state index >= 15 is 0 Å². The minimum atomic E-state index is -0.276. The molecule has 154 valence electrons. The number of nitrogens with one attached hydrogen (secondary N) is 1. The second-order valence-electron chi connectivity index (χ2n) is 7.52. The number of rotatable bonds is 4. The molecule has 0 spiro atoms. The summed E-state index contributed by atoms with van der Waals surface area (Å²) in [5, 5.41) is 3.89. The fourth-order valence-corrected chi connectivity index (χ4v) is 3.89. The molecule has 0 aliphatic carbocycles. The second-order valence-corrected chi connectivity index (χ2v) is 7.52. The summed E-state index contributed by atoms with van der Waals surface area (Å²) in [6.45, 7) is 1.85. The predicted molar refractivity (Wildman–Crippen MR) is 121 cm³/mol. The zero-order valence-electron chi connectivity index (χ0n) is 17.0. The molecule has 1 aliphatic rings. The van der Waals surface area contributed by atoms with Gasteiger partial charge in [0.2, 0.25) is 5.95 Å². The maximum Gasteiger partial charge on any atom is 0.259 e. The monoisotopic (exact) mass is 410 g/mol. The van der Waals surface area contributed by atoms with E-state index in [9.17, 15) is 4.79 Å². The van der Waals surface area contributed by atoms with E-state index in [4.69, 9.17) is 4.98 Å². The number of carbonyl (C=O) groups is 1. The van der Waals surface area contributed by atoms with Gasteiger partial charge in [0.25, 0.3) is 5.91 Å². The van der Waals surface area contributed by atoms with E-state index in [0.717, 1.165) is 36.8 Å². The molecule has 1 saturated heterocycles. The molecule has 7 heteroatoms. The lowest BCUT2D eigenvalue weighted by Crippen LogP contribution is -2.31. The van der Waals surface area contributed by atoms with Crippen molar-refractivity contribution in [1.29, 1.82) is 0 Å². The Bertz CT molecular complexity index is 1220. The van der Waals surface area contributed by atoms with Crippen molar-refractivity contribution < 1.29 is 4.79 Å². The van der Waals surface area contributed by atoms with Gasteiger partial charge in [-0.2, -0.15) is 0 Å². The van der Waals surface area contributed by atoms with Gasteiger partial charge in [-0.3, -0.25) is 14.8 Å². The fourth-order valence-electron chi connectivity index (χ4n) is 3.89. The number of nitrogens with zero attached hydrogens (tertiary/aromatic N) is 5. The third kappa shape index (κ3) is 3.94. The van der Waals surface area contributed by atoms with Crippen LogP contribution in [0.5, 0.6) is 0 Å². The molecule has 1 N–H and O–H groups in total. The Kier molecular flexibility index (Phi) is 5.22. The largest absolute Gasteiger partial charge is 0.341 e. The van der Waals surface area contributed by atoms with Gasteiger partial charge in [0, 0.05) is 37.1 Å². The first-order valence-electron chi connectivity index (χ1n) is 10.5. The Labute approximate surface area is 180 Å². The number of piperidine rings is 1. The van der Waals surface area contributed by atoms with Crippen molar-refractivity contribution in [2.75, 3.05) is 23.3 Å². The lowest BCUT2D eigenvalue weighted by molar-refractivity contribution is 0.102.